The summed E-state index contributed by atoms with van der Waals surface area (Å²) < 4.78 is 19.6. The number of anilines is 1. The van der Waals surface area contributed by atoms with Crippen LogP contribution in [0.2, 0.25) is 0 Å². The van der Waals surface area contributed by atoms with Gasteiger partial charge in [0.15, 0.2) is 0 Å². The Hall–Kier alpha value is -3.10. The van der Waals surface area contributed by atoms with Crippen molar-refractivity contribution in [2.45, 2.75) is 13.1 Å². The Kier molecular flexibility index (Phi) is 4.89. The minimum atomic E-state index is -1.15. The molecule has 4 heterocycles. The van der Waals surface area contributed by atoms with Crippen LogP contribution >= 0.6 is 0 Å². The number of aryl methyl sites for hydroxylation is 1. The third-order valence-corrected chi connectivity index (χ3v) is 4.84. The molecule has 28 heavy (non-hydrogen) atoms. The van der Waals surface area contributed by atoms with Crippen LogP contribution in [0.5, 0.6) is 0 Å². The van der Waals surface area contributed by atoms with E-state index in [-0.39, 0.29) is 6.61 Å². The van der Waals surface area contributed by atoms with E-state index in [4.69, 9.17) is 4.74 Å². The van der Waals surface area contributed by atoms with Crippen LogP contribution in [0.15, 0.2) is 30.7 Å². The van der Waals surface area contributed by atoms with Crippen molar-refractivity contribution in [3.63, 3.8) is 0 Å². The molecule has 0 aliphatic carbocycles. The molecular formula is C19H23FN6O2. The van der Waals surface area contributed by atoms with Crippen molar-refractivity contribution < 1.29 is 13.9 Å². The number of fused-ring (bicyclic) bond motifs is 1. The van der Waals surface area contributed by atoms with Gasteiger partial charge in [0, 0.05) is 62.3 Å². The maximum atomic E-state index is 12.9. The Morgan fingerprint density at radius 1 is 1.36 bits per heavy atom. The van der Waals surface area contributed by atoms with E-state index >= 15 is 0 Å². The molecule has 3 aromatic rings. The number of piperazine rings is 1. The van der Waals surface area contributed by atoms with Crippen LogP contribution < -0.4 is 4.90 Å². The number of alkyl halides is 1. The van der Waals surface area contributed by atoms with E-state index in [1.807, 2.05) is 25.5 Å². The summed E-state index contributed by atoms with van der Waals surface area (Å²) in [7, 11) is 1.88. The van der Waals surface area contributed by atoms with E-state index in [1.54, 1.807) is 15.8 Å². The Bertz CT molecular complexity index is 974. The largest absolute Gasteiger partial charge is 0.446 e. The SMILES string of the molecule is C[C@@H](F)COC(=O)N1CCN(c2ccnc3[nH]c(-c4cnn(C)c4)cc23)CC1. The van der Waals surface area contributed by atoms with Crippen LogP contribution in [-0.4, -0.2) is 69.7 Å². The standard InChI is InChI=1S/C19H23FN6O2/c1-13(20)12-28-19(27)26-7-5-25(6-8-26)17-3-4-21-18-15(17)9-16(23-18)14-10-22-24(2)11-14/h3-4,9-11,13H,5-8,12H2,1-2H3,(H,21,23)/t13-/m1/s1. The number of rotatable bonds is 4. The molecule has 1 aliphatic heterocycles. The molecule has 1 aliphatic rings. The summed E-state index contributed by atoms with van der Waals surface area (Å²) >= 11 is 0. The first-order chi connectivity index (χ1) is 13.5. The van der Waals surface area contributed by atoms with Gasteiger partial charge < -0.3 is 19.5 Å². The number of nitrogens with zero attached hydrogens (tertiary/aromatic N) is 5. The number of carbonyl (C=O) groups excluding carboxylic acids is 1. The van der Waals surface area contributed by atoms with Crippen LogP contribution in [0.1, 0.15) is 6.92 Å². The van der Waals surface area contributed by atoms with E-state index in [2.05, 4.69) is 26.0 Å². The monoisotopic (exact) mass is 386 g/mol. The van der Waals surface area contributed by atoms with Gasteiger partial charge in [-0.3, -0.25) is 4.68 Å². The van der Waals surface area contributed by atoms with Gasteiger partial charge in [0.2, 0.25) is 0 Å². The molecule has 8 nitrogen and oxygen atoms in total. The van der Waals surface area contributed by atoms with Gasteiger partial charge in [-0.15, -0.1) is 0 Å². The van der Waals surface area contributed by atoms with Gasteiger partial charge in [-0.05, 0) is 19.1 Å². The molecule has 0 unspecified atom stereocenters. The zero-order valence-corrected chi connectivity index (χ0v) is 15.9. The molecule has 0 spiro atoms. The number of nitrogens with one attached hydrogen (secondary N) is 1. The average molecular weight is 386 g/mol. The smallest absolute Gasteiger partial charge is 0.409 e. The van der Waals surface area contributed by atoms with E-state index in [9.17, 15) is 9.18 Å². The number of aromatic nitrogens is 4. The molecule has 1 fully saturated rings. The molecule has 3 aromatic heterocycles. The molecule has 1 amide bonds. The van der Waals surface area contributed by atoms with E-state index in [1.165, 1.54) is 6.92 Å². The second-order valence-electron chi connectivity index (χ2n) is 7.01. The molecule has 148 valence electrons. The summed E-state index contributed by atoms with van der Waals surface area (Å²) in [6.07, 6.45) is 3.94. The lowest BCUT2D eigenvalue weighted by Crippen LogP contribution is -2.49. The molecule has 0 radical (unpaired) electrons. The van der Waals surface area contributed by atoms with Crippen LogP contribution in [0.3, 0.4) is 0 Å². The summed E-state index contributed by atoms with van der Waals surface area (Å²) in [5, 5.41) is 5.25. The number of aromatic amines is 1. The second-order valence-corrected chi connectivity index (χ2v) is 7.01. The molecule has 1 N–H and O–H groups in total. The number of H-pyrrole nitrogens is 1. The van der Waals surface area contributed by atoms with Gasteiger partial charge in [0.25, 0.3) is 0 Å². The Balaban J connectivity index is 1.49. The summed E-state index contributed by atoms with van der Waals surface area (Å²) in [6, 6.07) is 4.07. The zero-order valence-electron chi connectivity index (χ0n) is 15.9. The van der Waals surface area contributed by atoms with Crippen molar-refractivity contribution in [1.82, 2.24) is 24.6 Å². The molecule has 0 aromatic carbocycles. The number of hydrogen-bond donors (Lipinski definition) is 1. The molecular weight excluding hydrogens is 363 g/mol. The van der Waals surface area contributed by atoms with Crippen LogP contribution in [0.4, 0.5) is 14.9 Å². The van der Waals surface area contributed by atoms with Crippen molar-refractivity contribution in [2.24, 2.45) is 7.05 Å². The Morgan fingerprint density at radius 2 is 2.14 bits per heavy atom. The number of carbonyl (C=O) groups is 1. The van der Waals surface area contributed by atoms with Crippen molar-refractivity contribution in [1.29, 1.82) is 0 Å². The van der Waals surface area contributed by atoms with Gasteiger partial charge in [-0.25, -0.2) is 14.2 Å². The highest BCUT2D eigenvalue weighted by molar-refractivity contribution is 5.93. The molecule has 1 atom stereocenters. The summed E-state index contributed by atoms with van der Waals surface area (Å²) in [6.45, 7) is 3.58. The Labute approximate surface area is 161 Å². The van der Waals surface area contributed by atoms with Crippen LogP contribution in [0, 0.1) is 0 Å². The lowest BCUT2D eigenvalue weighted by atomic mass is 10.2. The lowest BCUT2D eigenvalue weighted by Gasteiger charge is -2.35. The summed E-state index contributed by atoms with van der Waals surface area (Å²) in [5.74, 6) is 0. The predicted octanol–water partition coefficient (Wildman–Crippen LogP) is 2.58. The highest BCUT2D eigenvalue weighted by Gasteiger charge is 2.24. The van der Waals surface area contributed by atoms with Gasteiger partial charge in [0.05, 0.1) is 11.9 Å². The highest BCUT2D eigenvalue weighted by Crippen LogP contribution is 2.30. The highest BCUT2D eigenvalue weighted by atomic mass is 19.1. The summed E-state index contributed by atoms with van der Waals surface area (Å²) in [5.41, 5.74) is 3.85. The molecule has 0 bridgehead atoms. The Morgan fingerprint density at radius 3 is 2.82 bits per heavy atom. The normalized spacial score (nSPS) is 15.8. The van der Waals surface area contributed by atoms with Crippen molar-refractivity contribution >= 4 is 22.8 Å². The van der Waals surface area contributed by atoms with Crippen molar-refractivity contribution in [2.75, 3.05) is 37.7 Å². The van der Waals surface area contributed by atoms with Crippen molar-refractivity contribution in [3.05, 3.63) is 30.7 Å². The average Bonchev–Trinajstić information content (AvgIpc) is 3.32. The number of halogens is 1. The number of pyridine rings is 1. The third-order valence-electron chi connectivity index (χ3n) is 4.84. The van der Waals surface area contributed by atoms with Crippen LogP contribution in [-0.2, 0) is 11.8 Å². The van der Waals surface area contributed by atoms with Gasteiger partial charge in [0.1, 0.15) is 18.4 Å². The number of amides is 1. The van der Waals surface area contributed by atoms with E-state index in [0.717, 1.165) is 28.0 Å². The quantitative estimate of drug-likeness (QED) is 0.746. The maximum Gasteiger partial charge on any atom is 0.409 e. The minimum Gasteiger partial charge on any atom is -0.446 e. The second kappa shape index (κ2) is 7.49. The molecule has 1 saturated heterocycles. The maximum absolute atomic E-state index is 12.9. The lowest BCUT2D eigenvalue weighted by molar-refractivity contribution is 0.0798. The van der Waals surface area contributed by atoms with E-state index in [0.29, 0.717) is 26.2 Å². The van der Waals surface area contributed by atoms with Crippen LogP contribution in [0.25, 0.3) is 22.3 Å². The van der Waals surface area contributed by atoms with Crippen molar-refractivity contribution in [3.8, 4) is 11.3 Å². The van der Waals surface area contributed by atoms with Gasteiger partial charge >= 0.3 is 6.09 Å². The number of ether oxygens (including phenoxy) is 1. The first-order valence-electron chi connectivity index (χ1n) is 9.28. The van der Waals surface area contributed by atoms with Gasteiger partial charge in [-0.2, -0.15) is 5.10 Å². The van der Waals surface area contributed by atoms with E-state index < -0.39 is 12.3 Å². The minimum absolute atomic E-state index is 0.204. The first kappa shape index (κ1) is 18.3. The van der Waals surface area contributed by atoms with Gasteiger partial charge in [-0.1, -0.05) is 0 Å². The molecule has 9 heteroatoms. The predicted molar refractivity (Wildman–Crippen MR) is 104 cm³/mol. The molecule has 0 saturated carbocycles. The fourth-order valence-corrected chi connectivity index (χ4v) is 3.41. The molecule has 4 rings (SSSR count). The third kappa shape index (κ3) is 3.64. The fourth-order valence-electron chi connectivity index (χ4n) is 3.41. The zero-order chi connectivity index (χ0) is 19.7. The summed E-state index contributed by atoms with van der Waals surface area (Å²) in [4.78, 5) is 23.7. The topological polar surface area (TPSA) is 79.3 Å². The fraction of sp³-hybridized carbons (Fsp3) is 0.421. The first-order valence-corrected chi connectivity index (χ1v) is 9.28. The number of hydrogen-bond acceptors (Lipinski definition) is 5.